The fourth-order valence-electron chi connectivity index (χ4n) is 2.67. The van der Waals surface area contributed by atoms with Crippen molar-refractivity contribution >= 4 is 5.91 Å². The second kappa shape index (κ2) is 6.62. The number of hydrogen-bond acceptors (Lipinski definition) is 3. The first-order chi connectivity index (χ1) is 10.8. The molecule has 2 aromatic carbocycles. The predicted molar refractivity (Wildman–Crippen MR) is 84.1 cm³/mol. The van der Waals surface area contributed by atoms with Crippen LogP contribution < -0.4 is 4.74 Å². The fourth-order valence-corrected chi connectivity index (χ4v) is 2.67. The highest BCUT2D eigenvalue weighted by atomic mass is 16.5. The van der Waals surface area contributed by atoms with Crippen LogP contribution in [0.4, 0.5) is 0 Å². The summed E-state index contributed by atoms with van der Waals surface area (Å²) in [5.74, 6) is 1.59. The molecular weight excluding hydrogens is 278 g/mol. The first kappa shape index (κ1) is 14.6. The van der Waals surface area contributed by atoms with Crippen LogP contribution in [0.2, 0.25) is 0 Å². The quantitative estimate of drug-likeness (QED) is 0.944. The number of ether oxygens (including phenoxy) is 1. The molecule has 1 heterocycles. The third-order valence-electron chi connectivity index (χ3n) is 3.89. The summed E-state index contributed by atoms with van der Waals surface area (Å²) in [6.45, 7) is 1.47. The van der Waals surface area contributed by atoms with Crippen LogP contribution in [0, 0.1) is 5.92 Å². The Hall–Kier alpha value is -2.33. The Morgan fingerprint density at radius 3 is 2.64 bits per heavy atom. The topological polar surface area (TPSA) is 49.8 Å². The maximum absolute atomic E-state index is 12.5. The number of carbonyl (C=O) groups is 1. The minimum absolute atomic E-state index is 0.00513. The van der Waals surface area contributed by atoms with Crippen LogP contribution >= 0.6 is 0 Å². The van der Waals surface area contributed by atoms with Gasteiger partial charge in [0.1, 0.15) is 11.5 Å². The molecule has 3 rings (SSSR count). The van der Waals surface area contributed by atoms with E-state index in [0.717, 1.165) is 12.2 Å². The molecule has 4 heteroatoms. The van der Waals surface area contributed by atoms with Gasteiger partial charge in [-0.3, -0.25) is 4.79 Å². The molecule has 1 fully saturated rings. The van der Waals surface area contributed by atoms with Gasteiger partial charge in [-0.25, -0.2) is 0 Å². The van der Waals surface area contributed by atoms with Crippen LogP contribution in [0.3, 0.4) is 0 Å². The summed E-state index contributed by atoms with van der Waals surface area (Å²) in [5.41, 5.74) is 0.618. The molecule has 114 valence electrons. The summed E-state index contributed by atoms with van der Waals surface area (Å²) in [5, 5.41) is 9.19. The standard InChI is InChI=1S/C18H19NO3/c20-13-14-9-10-19(12-14)18(21)15-5-4-8-17(11-15)22-16-6-2-1-3-7-16/h1-8,11,14,20H,9-10,12-13H2. The Morgan fingerprint density at radius 2 is 1.91 bits per heavy atom. The molecule has 1 aliphatic rings. The molecule has 1 amide bonds. The first-order valence-corrected chi connectivity index (χ1v) is 7.49. The van der Waals surface area contributed by atoms with Crippen molar-refractivity contribution in [2.24, 2.45) is 5.92 Å². The number of nitrogens with zero attached hydrogens (tertiary/aromatic N) is 1. The van der Waals surface area contributed by atoms with E-state index in [9.17, 15) is 9.90 Å². The Bertz CT molecular complexity index is 642. The Kier molecular flexibility index (Phi) is 4.39. The highest BCUT2D eigenvalue weighted by molar-refractivity contribution is 5.94. The summed E-state index contributed by atoms with van der Waals surface area (Å²) in [6, 6.07) is 16.7. The van der Waals surface area contributed by atoms with Gasteiger partial charge in [-0.1, -0.05) is 24.3 Å². The molecule has 1 atom stereocenters. The third kappa shape index (κ3) is 3.28. The van der Waals surface area contributed by atoms with Gasteiger partial charge in [0.25, 0.3) is 5.91 Å². The molecule has 0 aromatic heterocycles. The number of aliphatic hydroxyl groups excluding tert-OH is 1. The largest absolute Gasteiger partial charge is 0.457 e. The second-order valence-electron chi connectivity index (χ2n) is 5.53. The van der Waals surface area contributed by atoms with Crippen LogP contribution in [0.25, 0.3) is 0 Å². The van der Waals surface area contributed by atoms with Gasteiger partial charge in [-0.2, -0.15) is 0 Å². The van der Waals surface area contributed by atoms with Crippen molar-refractivity contribution in [1.29, 1.82) is 0 Å². The second-order valence-corrected chi connectivity index (χ2v) is 5.53. The molecule has 22 heavy (non-hydrogen) atoms. The lowest BCUT2D eigenvalue weighted by molar-refractivity contribution is 0.0781. The Morgan fingerprint density at radius 1 is 1.14 bits per heavy atom. The molecule has 1 N–H and O–H groups in total. The maximum atomic E-state index is 12.5. The molecule has 0 spiro atoms. The molecule has 1 aliphatic heterocycles. The smallest absolute Gasteiger partial charge is 0.253 e. The molecule has 0 radical (unpaired) electrons. The van der Waals surface area contributed by atoms with Gasteiger partial charge in [0.2, 0.25) is 0 Å². The zero-order valence-corrected chi connectivity index (χ0v) is 12.3. The lowest BCUT2D eigenvalue weighted by Gasteiger charge is -2.16. The lowest BCUT2D eigenvalue weighted by atomic mass is 10.1. The van der Waals surface area contributed by atoms with Crippen LogP contribution in [-0.4, -0.2) is 35.6 Å². The molecule has 0 bridgehead atoms. The minimum atomic E-state index is -0.00513. The predicted octanol–water partition coefficient (Wildman–Crippen LogP) is 2.93. The van der Waals surface area contributed by atoms with Crippen LogP contribution in [0.5, 0.6) is 11.5 Å². The first-order valence-electron chi connectivity index (χ1n) is 7.49. The summed E-state index contributed by atoms with van der Waals surface area (Å²) in [4.78, 5) is 14.3. The van der Waals surface area contributed by atoms with Crippen LogP contribution in [0.1, 0.15) is 16.8 Å². The Labute approximate surface area is 130 Å². The fraction of sp³-hybridized carbons (Fsp3) is 0.278. The number of hydrogen-bond donors (Lipinski definition) is 1. The van der Waals surface area contributed by atoms with Gasteiger partial charge >= 0.3 is 0 Å². The van der Waals surface area contributed by atoms with Crippen molar-refractivity contribution < 1.29 is 14.6 Å². The van der Waals surface area contributed by atoms with Crippen molar-refractivity contribution in [1.82, 2.24) is 4.90 Å². The molecular formula is C18H19NO3. The van der Waals surface area contributed by atoms with Gasteiger partial charge < -0.3 is 14.7 Å². The highest BCUT2D eigenvalue weighted by Crippen LogP contribution is 2.24. The van der Waals surface area contributed by atoms with E-state index in [0.29, 0.717) is 24.4 Å². The van der Waals surface area contributed by atoms with E-state index < -0.39 is 0 Å². The molecule has 1 unspecified atom stereocenters. The van der Waals surface area contributed by atoms with E-state index in [4.69, 9.17) is 4.74 Å². The number of likely N-dealkylation sites (tertiary alicyclic amines) is 1. The van der Waals surface area contributed by atoms with Crippen molar-refractivity contribution in [2.45, 2.75) is 6.42 Å². The van der Waals surface area contributed by atoms with Crippen LogP contribution in [0.15, 0.2) is 54.6 Å². The number of para-hydroxylation sites is 1. The van der Waals surface area contributed by atoms with Gasteiger partial charge in [0.15, 0.2) is 0 Å². The van der Waals surface area contributed by atoms with E-state index >= 15 is 0 Å². The zero-order chi connectivity index (χ0) is 15.4. The van der Waals surface area contributed by atoms with E-state index in [2.05, 4.69) is 0 Å². The molecule has 1 saturated heterocycles. The summed E-state index contributed by atoms with van der Waals surface area (Å²) < 4.78 is 5.76. The van der Waals surface area contributed by atoms with E-state index in [1.54, 1.807) is 17.0 Å². The number of aliphatic hydroxyl groups is 1. The van der Waals surface area contributed by atoms with Crippen molar-refractivity contribution in [3.63, 3.8) is 0 Å². The van der Waals surface area contributed by atoms with Gasteiger partial charge in [-0.05, 0) is 36.8 Å². The number of benzene rings is 2. The van der Waals surface area contributed by atoms with E-state index in [1.165, 1.54) is 0 Å². The molecule has 0 saturated carbocycles. The molecule has 4 nitrogen and oxygen atoms in total. The zero-order valence-electron chi connectivity index (χ0n) is 12.3. The molecule has 0 aliphatic carbocycles. The van der Waals surface area contributed by atoms with Crippen molar-refractivity contribution in [3.8, 4) is 11.5 Å². The van der Waals surface area contributed by atoms with Crippen molar-refractivity contribution in [2.75, 3.05) is 19.7 Å². The normalized spacial score (nSPS) is 17.5. The molecule has 2 aromatic rings. The monoisotopic (exact) mass is 297 g/mol. The summed E-state index contributed by atoms with van der Waals surface area (Å²) in [6.07, 6.45) is 0.864. The van der Waals surface area contributed by atoms with Gasteiger partial charge in [-0.15, -0.1) is 0 Å². The number of amides is 1. The Balaban J connectivity index is 1.72. The van der Waals surface area contributed by atoms with Crippen molar-refractivity contribution in [3.05, 3.63) is 60.2 Å². The van der Waals surface area contributed by atoms with Gasteiger partial charge in [0.05, 0.1) is 0 Å². The van der Waals surface area contributed by atoms with E-state index in [-0.39, 0.29) is 18.4 Å². The van der Waals surface area contributed by atoms with Crippen LogP contribution in [-0.2, 0) is 0 Å². The lowest BCUT2D eigenvalue weighted by Crippen LogP contribution is -2.29. The van der Waals surface area contributed by atoms with Gasteiger partial charge in [0, 0.05) is 31.2 Å². The maximum Gasteiger partial charge on any atom is 0.253 e. The summed E-state index contributed by atoms with van der Waals surface area (Å²) in [7, 11) is 0. The average Bonchev–Trinajstić information content (AvgIpc) is 3.04. The average molecular weight is 297 g/mol. The number of rotatable bonds is 4. The number of carbonyl (C=O) groups excluding carboxylic acids is 1. The summed E-state index contributed by atoms with van der Waals surface area (Å²) >= 11 is 0. The SMILES string of the molecule is O=C(c1cccc(Oc2ccccc2)c1)N1CCC(CO)C1. The van der Waals surface area contributed by atoms with E-state index in [1.807, 2.05) is 42.5 Å². The minimum Gasteiger partial charge on any atom is -0.457 e. The third-order valence-corrected chi connectivity index (χ3v) is 3.89. The highest BCUT2D eigenvalue weighted by Gasteiger charge is 2.26.